The molecule has 1 fully saturated rings. The van der Waals surface area contributed by atoms with Gasteiger partial charge in [0.25, 0.3) is 0 Å². The lowest BCUT2D eigenvalue weighted by atomic mass is 9.74. The molecule has 11 heavy (non-hydrogen) atoms. The van der Waals surface area contributed by atoms with Crippen molar-refractivity contribution in [3.05, 3.63) is 0 Å². The minimum Gasteiger partial charge on any atom is -0.388 e. The Morgan fingerprint density at radius 1 is 1.45 bits per heavy atom. The summed E-state index contributed by atoms with van der Waals surface area (Å²) in [7, 11) is 0. The number of hydrogen-bond donors (Lipinski definition) is 2. The molecular weight excluding hydrogens is 138 g/mol. The largest absolute Gasteiger partial charge is 0.388 e. The van der Waals surface area contributed by atoms with Crippen LogP contribution >= 0.6 is 0 Å². The molecular formula is C9H19NO. The molecule has 0 unspecified atom stereocenters. The molecule has 66 valence electrons. The summed E-state index contributed by atoms with van der Waals surface area (Å²) < 4.78 is 0. The second-order valence-electron chi connectivity index (χ2n) is 4.00. The quantitative estimate of drug-likeness (QED) is 0.602. The summed E-state index contributed by atoms with van der Waals surface area (Å²) in [5, 5.41) is 10.1. The van der Waals surface area contributed by atoms with Crippen LogP contribution in [0.3, 0.4) is 0 Å². The van der Waals surface area contributed by atoms with E-state index in [-0.39, 0.29) is 12.0 Å². The molecule has 2 nitrogen and oxygen atoms in total. The van der Waals surface area contributed by atoms with Crippen molar-refractivity contribution >= 4 is 0 Å². The van der Waals surface area contributed by atoms with E-state index in [1.54, 1.807) is 0 Å². The van der Waals surface area contributed by atoms with Gasteiger partial charge in [-0.05, 0) is 18.8 Å². The predicted octanol–water partition coefficient (Wildman–Crippen LogP) is 1.27. The highest BCUT2D eigenvalue weighted by Gasteiger charge is 2.38. The van der Waals surface area contributed by atoms with Crippen LogP contribution in [0.4, 0.5) is 0 Å². The first kappa shape index (κ1) is 9.01. The summed E-state index contributed by atoms with van der Waals surface area (Å²) in [6.07, 6.45) is 4.17. The van der Waals surface area contributed by atoms with Crippen molar-refractivity contribution in [2.75, 3.05) is 0 Å². The maximum absolute atomic E-state index is 10.1. The molecule has 1 saturated carbocycles. The van der Waals surface area contributed by atoms with E-state index in [0.29, 0.717) is 0 Å². The van der Waals surface area contributed by atoms with Crippen LogP contribution in [0.25, 0.3) is 0 Å². The molecule has 0 aliphatic heterocycles. The first-order valence-electron chi connectivity index (χ1n) is 4.55. The molecule has 0 aromatic rings. The van der Waals surface area contributed by atoms with Crippen LogP contribution in [0.15, 0.2) is 0 Å². The zero-order valence-electron chi connectivity index (χ0n) is 7.51. The van der Waals surface area contributed by atoms with E-state index < -0.39 is 5.60 Å². The molecule has 0 saturated heterocycles. The Bertz CT molecular complexity index is 136. The molecule has 1 rings (SSSR count). The van der Waals surface area contributed by atoms with Gasteiger partial charge >= 0.3 is 0 Å². The minimum absolute atomic E-state index is 0.00347. The Labute approximate surface area is 68.8 Å². The second kappa shape index (κ2) is 3.11. The Kier molecular flexibility index (Phi) is 2.55. The van der Waals surface area contributed by atoms with Crippen LogP contribution in [0, 0.1) is 5.92 Å². The second-order valence-corrected chi connectivity index (χ2v) is 4.00. The number of nitrogens with two attached hydrogens (primary N) is 1. The predicted molar refractivity (Wildman–Crippen MR) is 46.2 cm³/mol. The third-order valence-electron chi connectivity index (χ3n) is 2.98. The van der Waals surface area contributed by atoms with Crippen LogP contribution in [0.5, 0.6) is 0 Å². The van der Waals surface area contributed by atoms with Gasteiger partial charge in [0.2, 0.25) is 0 Å². The maximum atomic E-state index is 10.1. The lowest BCUT2D eigenvalue weighted by molar-refractivity contribution is -0.0531. The van der Waals surface area contributed by atoms with Gasteiger partial charge in [0.1, 0.15) is 0 Å². The summed E-state index contributed by atoms with van der Waals surface area (Å²) in [4.78, 5) is 0. The molecule has 1 aliphatic carbocycles. The molecule has 0 heterocycles. The standard InChI is InChI=1S/C9H19NO/c1-7(2)9(11)6-4-3-5-8(9)10/h7-8,11H,3-6,10H2,1-2H3/t8-,9+/m1/s1. The highest BCUT2D eigenvalue weighted by atomic mass is 16.3. The van der Waals surface area contributed by atoms with Gasteiger partial charge in [0, 0.05) is 6.04 Å². The van der Waals surface area contributed by atoms with E-state index >= 15 is 0 Å². The van der Waals surface area contributed by atoms with E-state index in [2.05, 4.69) is 0 Å². The van der Waals surface area contributed by atoms with Crippen LogP contribution < -0.4 is 5.73 Å². The number of hydrogen-bond acceptors (Lipinski definition) is 2. The molecule has 2 heteroatoms. The maximum Gasteiger partial charge on any atom is 0.0820 e. The minimum atomic E-state index is -0.585. The monoisotopic (exact) mass is 157 g/mol. The Hall–Kier alpha value is -0.0800. The lowest BCUT2D eigenvalue weighted by Crippen LogP contribution is -2.53. The van der Waals surface area contributed by atoms with Crippen LogP contribution in [-0.2, 0) is 0 Å². The van der Waals surface area contributed by atoms with E-state index in [0.717, 1.165) is 19.3 Å². The molecule has 3 N–H and O–H groups in total. The molecule has 0 aromatic heterocycles. The summed E-state index contributed by atoms with van der Waals surface area (Å²) in [5.41, 5.74) is 5.28. The Morgan fingerprint density at radius 3 is 2.45 bits per heavy atom. The van der Waals surface area contributed by atoms with Crippen molar-refractivity contribution in [3.63, 3.8) is 0 Å². The molecule has 0 amide bonds. The molecule has 2 atom stereocenters. The van der Waals surface area contributed by atoms with Crippen LogP contribution in [0.1, 0.15) is 39.5 Å². The van der Waals surface area contributed by atoms with Crippen molar-refractivity contribution in [2.45, 2.75) is 51.2 Å². The normalized spacial score (nSPS) is 39.5. The van der Waals surface area contributed by atoms with Crippen molar-refractivity contribution < 1.29 is 5.11 Å². The first-order valence-corrected chi connectivity index (χ1v) is 4.55. The third kappa shape index (κ3) is 1.57. The van der Waals surface area contributed by atoms with Gasteiger partial charge < -0.3 is 10.8 Å². The smallest absolute Gasteiger partial charge is 0.0820 e. The van der Waals surface area contributed by atoms with Gasteiger partial charge in [-0.1, -0.05) is 26.7 Å². The fourth-order valence-corrected chi connectivity index (χ4v) is 1.92. The molecule has 0 bridgehead atoms. The Balaban J connectivity index is 2.64. The molecule has 0 radical (unpaired) electrons. The number of aliphatic hydroxyl groups is 1. The summed E-state index contributed by atoms with van der Waals surface area (Å²) in [6.45, 7) is 4.09. The summed E-state index contributed by atoms with van der Waals surface area (Å²) >= 11 is 0. The number of rotatable bonds is 1. The van der Waals surface area contributed by atoms with E-state index in [1.165, 1.54) is 6.42 Å². The zero-order valence-corrected chi connectivity index (χ0v) is 7.51. The van der Waals surface area contributed by atoms with Gasteiger partial charge in [-0.25, -0.2) is 0 Å². The average Bonchev–Trinajstić information content (AvgIpc) is 1.95. The van der Waals surface area contributed by atoms with Crippen molar-refractivity contribution in [2.24, 2.45) is 11.7 Å². The SMILES string of the molecule is CC(C)[C@@]1(O)CCCC[C@H]1N. The highest BCUT2D eigenvalue weighted by Crippen LogP contribution is 2.33. The molecule has 0 aromatic carbocycles. The molecule has 1 aliphatic rings. The lowest BCUT2D eigenvalue weighted by Gasteiger charge is -2.41. The van der Waals surface area contributed by atoms with Gasteiger partial charge in [-0.15, -0.1) is 0 Å². The zero-order chi connectivity index (χ0) is 8.48. The highest BCUT2D eigenvalue weighted by molar-refractivity contribution is 4.94. The van der Waals surface area contributed by atoms with E-state index in [1.807, 2.05) is 13.8 Å². The van der Waals surface area contributed by atoms with Crippen molar-refractivity contribution in [1.82, 2.24) is 0 Å². The van der Waals surface area contributed by atoms with Crippen LogP contribution in [0.2, 0.25) is 0 Å². The van der Waals surface area contributed by atoms with Gasteiger partial charge in [-0.3, -0.25) is 0 Å². The summed E-state index contributed by atoms with van der Waals surface area (Å²) in [6, 6.07) is -0.00347. The summed E-state index contributed by atoms with van der Waals surface area (Å²) in [5.74, 6) is 0.290. The first-order chi connectivity index (χ1) is 5.07. The van der Waals surface area contributed by atoms with Crippen molar-refractivity contribution in [1.29, 1.82) is 0 Å². The fraction of sp³-hybridized carbons (Fsp3) is 1.00. The van der Waals surface area contributed by atoms with Crippen LogP contribution in [-0.4, -0.2) is 16.7 Å². The topological polar surface area (TPSA) is 46.2 Å². The van der Waals surface area contributed by atoms with E-state index in [9.17, 15) is 5.11 Å². The molecule has 0 spiro atoms. The van der Waals surface area contributed by atoms with Gasteiger partial charge in [0.15, 0.2) is 0 Å². The fourth-order valence-electron chi connectivity index (χ4n) is 1.92. The van der Waals surface area contributed by atoms with Gasteiger partial charge in [-0.2, -0.15) is 0 Å². The average molecular weight is 157 g/mol. The van der Waals surface area contributed by atoms with E-state index in [4.69, 9.17) is 5.73 Å². The van der Waals surface area contributed by atoms with Crippen molar-refractivity contribution in [3.8, 4) is 0 Å². The third-order valence-corrected chi connectivity index (χ3v) is 2.98. The van der Waals surface area contributed by atoms with Gasteiger partial charge in [0.05, 0.1) is 5.60 Å². The Morgan fingerprint density at radius 2 is 2.09 bits per heavy atom.